The minimum Gasteiger partial charge on any atom is -0.290 e. The summed E-state index contributed by atoms with van der Waals surface area (Å²) in [4.78, 5) is 15.6. The minimum atomic E-state index is 0.411. The van der Waals surface area contributed by atoms with Crippen LogP contribution in [0.5, 0.6) is 0 Å². The summed E-state index contributed by atoms with van der Waals surface area (Å²) < 4.78 is 0. The SMILES string of the molecule is Cc1cc(C)nc(NC(N)=[NH+]Cc2cccnc2)n1. The largest absolute Gasteiger partial charge is 0.348 e. The van der Waals surface area contributed by atoms with Crippen LogP contribution in [0.15, 0.2) is 30.6 Å². The van der Waals surface area contributed by atoms with Gasteiger partial charge in [0, 0.05) is 29.3 Å². The highest BCUT2D eigenvalue weighted by atomic mass is 15.2. The quantitative estimate of drug-likeness (QED) is 0.509. The summed E-state index contributed by atoms with van der Waals surface area (Å²) in [6, 6.07) is 5.76. The summed E-state index contributed by atoms with van der Waals surface area (Å²) >= 11 is 0. The number of anilines is 1. The first-order valence-electron chi connectivity index (χ1n) is 5.98. The van der Waals surface area contributed by atoms with Gasteiger partial charge in [-0.15, -0.1) is 0 Å². The molecular formula is C13H17N6+. The molecule has 2 aromatic heterocycles. The fourth-order valence-electron chi connectivity index (χ4n) is 1.65. The Morgan fingerprint density at radius 2 is 2.05 bits per heavy atom. The van der Waals surface area contributed by atoms with Crippen molar-refractivity contribution in [3.8, 4) is 0 Å². The number of nitrogens with zero attached hydrogens (tertiary/aromatic N) is 3. The summed E-state index contributed by atoms with van der Waals surface area (Å²) in [6.07, 6.45) is 3.52. The predicted octanol–water partition coefficient (Wildman–Crippen LogP) is -0.504. The van der Waals surface area contributed by atoms with E-state index in [0.717, 1.165) is 17.0 Å². The van der Waals surface area contributed by atoms with Gasteiger partial charge in [0.05, 0.1) is 6.54 Å². The zero-order valence-electron chi connectivity index (χ0n) is 11.0. The summed E-state index contributed by atoms with van der Waals surface area (Å²) in [5.41, 5.74) is 8.69. The molecule has 6 nitrogen and oxygen atoms in total. The van der Waals surface area contributed by atoms with Crippen molar-refractivity contribution < 1.29 is 4.99 Å². The van der Waals surface area contributed by atoms with Crippen molar-refractivity contribution >= 4 is 11.9 Å². The third-order valence-corrected chi connectivity index (χ3v) is 2.43. The molecule has 0 aromatic carbocycles. The van der Waals surface area contributed by atoms with Crippen molar-refractivity contribution in [2.24, 2.45) is 5.73 Å². The molecule has 6 heteroatoms. The first kappa shape index (κ1) is 12.9. The van der Waals surface area contributed by atoms with Crippen LogP contribution in [0.2, 0.25) is 0 Å². The average molecular weight is 257 g/mol. The van der Waals surface area contributed by atoms with E-state index in [1.165, 1.54) is 0 Å². The maximum atomic E-state index is 5.85. The Morgan fingerprint density at radius 1 is 1.32 bits per heavy atom. The molecule has 0 radical (unpaired) electrons. The molecule has 2 rings (SSSR count). The van der Waals surface area contributed by atoms with Gasteiger partial charge < -0.3 is 0 Å². The topological polar surface area (TPSA) is 90.7 Å². The van der Waals surface area contributed by atoms with Crippen LogP contribution >= 0.6 is 0 Å². The lowest BCUT2D eigenvalue weighted by molar-refractivity contribution is -0.476. The highest BCUT2D eigenvalue weighted by Gasteiger charge is 2.06. The Hall–Kier alpha value is -2.50. The van der Waals surface area contributed by atoms with Crippen molar-refractivity contribution in [1.82, 2.24) is 15.0 Å². The molecule has 0 spiro atoms. The lowest BCUT2D eigenvalue weighted by atomic mass is 10.3. The molecule has 2 heterocycles. The lowest BCUT2D eigenvalue weighted by Gasteiger charge is -2.01. The monoisotopic (exact) mass is 257 g/mol. The van der Waals surface area contributed by atoms with Crippen LogP contribution in [0.1, 0.15) is 17.0 Å². The Bertz CT molecular complexity index is 559. The van der Waals surface area contributed by atoms with Crippen molar-refractivity contribution in [1.29, 1.82) is 0 Å². The summed E-state index contributed by atoms with van der Waals surface area (Å²) in [7, 11) is 0. The number of nitrogens with one attached hydrogen (secondary N) is 2. The number of guanidine groups is 1. The van der Waals surface area contributed by atoms with Gasteiger partial charge in [-0.3, -0.25) is 15.7 Å². The van der Waals surface area contributed by atoms with Crippen molar-refractivity contribution in [3.05, 3.63) is 47.5 Å². The number of aromatic nitrogens is 3. The standard InChI is InChI=1S/C13H16N6/c1-9-6-10(2)18-13(17-9)19-12(14)16-8-11-4-3-5-15-7-11/h3-7H,8H2,1-2H3,(H3,14,16,17,18,19)/p+1. The van der Waals surface area contributed by atoms with Gasteiger partial charge >= 0.3 is 5.96 Å². The van der Waals surface area contributed by atoms with Crippen LogP contribution in [0, 0.1) is 13.8 Å². The van der Waals surface area contributed by atoms with Crippen LogP contribution in [-0.4, -0.2) is 20.9 Å². The van der Waals surface area contributed by atoms with Gasteiger partial charge in [-0.1, -0.05) is 6.07 Å². The molecule has 0 bridgehead atoms. The molecule has 0 amide bonds. The van der Waals surface area contributed by atoms with Gasteiger partial charge in [-0.25, -0.2) is 15.3 Å². The van der Waals surface area contributed by atoms with E-state index in [9.17, 15) is 0 Å². The molecule has 0 aliphatic rings. The number of hydrogen-bond donors (Lipinski definition) is 3. The van der Waals surface area contributed by atoms with E-state index in [0.29, 0.717) is 18.5 Å². The predicted molar refractivity (Wildman–Crippen MR) is 73.2 cm³/mol. The second-order valence-electron chi connectivity index (χ2n) is 4.23. The Morgan fingerprint density at radius 3 is 2.68 bits per heavy atom. The lowest BCUT2D eigenvalue weighted by Crippen LogP contribution is -2.75. The van der Waals surface area contributed by atoms with E-state index in [2.05, 4.69) is 25.3 Å². The molecule has 0 aliphatic heterocycles. The molecule has 98 valence electrons. The van der Waals surface area contributed by atoms with Crippen LogP contribution < -0.4 is 16.0 Å². The van der Waals surface area contributed by atoms with Crippen molar-refractivity contribution in [2.75, 3.05) is 5.32 Å². The highest BCUT2D eigenvalue weighted by Crippen LogP contribution is 2.02. The van der Waals surface area contributed by atoms with Gasteiger partial charge in [0.1, 0.15) is 0 Å². The molecule has 19 heavy (non-hydrogen) atoms. The number of hydrogen-bond acceptors (Lipinski definition) is 3. The molecule has 0 fully saturated rings. The Labute approximate surface area is 111 Å². The fraction of sp³-hybridized carbons (Fsp3) is 0.231. The molecule has 0 atom stereocenters. The van der Waals surface area contributed by atoms with Crippen LogP contribution in [0.25, 0.3) is 0 Å². The summed E-state index contributed by atoms with van der Waals surface area (Å²) in [5.74, 6) is 0.905. The molecule has 0 saturated carbocycles. The number of aryl methyl sites for hydroxylation is 2. The van der Waals surface area contributed by atoms with Crippen LogP contribution in [-0.2, 0) is 6.54 Å². The minimum absolute atomic E-state index is 0.411. The van der Waals surface area contributed by atoms with Gasteiger partial charge in [0.25, 0.3) is 5.95 Å². The molecule has 2 aromatic rings. The highest BCUT2D eigenvalue weighted by molar-refractivity contribution is 5.85. The van der Waals surface area contributed by atoms with Crippen LogP contribution in [0.4, 0.5) is 5.95 Å². The molecule has 0 unspecified atom stereocenters. The maximum Gasteiger partial charge on any atom is 0.348 e. The third-order valence-electron chi connectivity index (χ3n) is 2.43. The number of rotatable bonds is 3. The van der Waals surface area contributed by atoms with Gasteiger partial charge in [0.2, 0.25) is 0 Å². The molecular weight excluding hydrogens is 240 g/mol. The van der Waals surface area contributed by atoms with Crippen LogP contribution in [0.3, 0.4) is 0 Å². The van der Waals surface area contributed by atoms with Crippen molar-refractivity contribution in [3.63, 3.8) is 0 Å². The first-order valence-corrected chi connectivity index (χ1v) is 5.98. The molecule has 0 aliphatic carbocycles. The maximum absolute atomic E-state index is 5.85. The Balaban J connectivity index is 2.02. The number of nitrogens with two attached hydrogens (primary N) is 1. The summed E-state index contributed by atoms with van der Waals surface area (Å²) in [5, 5.41) is 2.93. The van der Waals surface area contributed by atoms with E-state index in [1.54, 1.807) is 12.4 Å². The number of pyridine rings is 1. The normalized spacial score (nSPS) is 11.4. The first-order chi connectivity index (χ1) is 9.13. The summed E-state index contributed by atoms with van der Waals surface area (Å²) in [6.45, 7) is 4.43. The average Bonchev–Trinajstić information content (AvgIpc) is 2.36. The van der Waals surface area contributed by atoms with E-state index < -0.39 is 0 Å². The Kier molecular flexibility index (Phi) is 4.02. The van der Waals surface area contributed by atoms with Crippen molar-refractivity contribution in [2.45, 2.75) is 20.4 Å². The van der Waals surface area contributed by atoms with Gasteiger partial charge in [-0.2, -0.15) is 0 Å². The second kappa shape index (κ2) is 5.90. The van der Waals surface area contributed by atoms with Gasteiger partial charge in [-0.05, 0) is 26.0 Å². The van der Waals surface area contributed by atoms with E-state index in [-0.39, 0.29) is 0 Å². The van der Waals surface area contributed by atoms with E-state index in [4.69, 9.17) is 5.73 Å². The zero-order chi connectivity index (χ0) is 13.7. The molecule has 4 N–H and O–H groups in total. The van der Waals surface area contributed by atoms with E-state index in [1.807, 2.05) is 32.0 Å². The second-order valence-corrected chi connectivity index (χ2v) is 4.23. The smallest absolute Gasteiger partial charge is 0.290 e. The van der Waals surface area contributed by atoms with E-state index >= 15 is 0 Å². The fourth-order valence-corrected chi connectivity index (χ4v) is 1.65. The molecule has 0 saturated heterocycles. The third kappa shape index (κ3) is 4.02. The zero-order valence-corrected chi connectivity index (χ0v) is 11.0. The van der Waals surface area contributed by atoms with Gasteiger partial charge in [0.15, 0.2) is 0 Å².